The van der Waals surface area contributed by atoms with Crippen molar-refractivity contribution in [2.45, 2.75) is 46.1 Å². The molecule has 19 heavy (non-hydrogen) atoms. The molecule has 0 aliphatic heterocycles. The summed E-state index contributed by atoms with van der Waals surface area (Å²) in [7, 11) is 1.68. The first-order chi connectivity index (χ1) is 8.74. The van der Waals surface area contributed by atoms with Crippen molar-refractivity contribution in [3.63, 3.8) is 0 Å². The van der Waals surface area contributed by atoms with Crippen LogP contribution >= 0.6 is 15.9 Å². The predicted molar refractivity (Wildman–Crippen MR) is 80.6 cm³/mol. The Bertz CT molecular complexity index is 455. The Morgan fingerprint density at radius 3 is 2.63 bits per heavy atom. The molecule has 0 atom stereocenters. The Morgan fingerprint density at radius 1 is 1.47 bits per heavy atom. The van der Waals surface area contributed by atoms with E-state index in [-0.39, 0.29) is 6.09 Å². The van der Waals surface area contributed by atoms with Gasteiger partial charge >= 0.3 is 6.09 Å². The Hall–Kier alpha value is -1.10. The van der Waals surface area contributed by atoms with Crippen LogP contribution in [0.4, 0.5) is 10.6 Å². The van der Waals surface area contributed by atoms with Crippen molar-refractivity contribution in [1.29, 1.82) is 0 Å². The van der Waals surface area contributed by atoms with Gasteiger partial charge in [0.15, 0.2) is 0 Å². The van der Waals surface area contributed by atoms with Gasteiger partial charge in [0.1, 0.15) is 11.4 Å². The fourth-order valence-electron chi connectivity index (χ4n) is 1.65. The summed E-state index contributed by atoms with van der Waals surface area (Å²) in [6, 6.07) is 1.99. The van der Waals surface area contributed by atoms with E-state index in [9.17, 15) is 4.79 Å². The van der Waals surface area contributed by atoms with Crippen molar-refractivity contribution in [2.24, 2.45) is 0 Å². The molecule has 5 heteroatoms. The van der Waals surface area contributed by atoms with E-state index < -0.39 is 5.60 Å². The van der Waals surface area contributed by atoms with Gasteiger partial charge in [0, 0.05) is 17.7 Å². The standard InChI is InChI=1S/C14H21BrN2O2/c1-6-7-10-8-11(15)9-16-12(10)17(5)13(18)19-14(2,3)4/h8-9H,6-7H2,1-5H3. The zero-order valence-corrected chi connectivity index (χ0v) is 13.7. The number of aryl methyl sites for hydroxylation is 1. The third kappa shape index (κ3) is 4.82. The molecule has 0 aliphatic carbocycles. The number of carbonyl (C=O) groups excluding carboxylic acids is 1. The number of hydrogen-bond acceptors (Lipinski definition) is 3. The highest BCUT2D eigenvalue weighted by atomic mass is 79.9. The molecule has 0 aromatic carbocycles. The van der Waals surface area contributed by atoms with Crippen molar-refractivity contribution in [1.82, 2.24) is 4.98 Å². The minimum Gasteiger partial charge on any atom is -0.443 e. The molecule has 0 spiro atoms. The van der Waals surface area contributed by atoms with Crippen LogP contribution in [0.25, 0.3) is 0 Å². The molecule has 1 amide bonds. The van der Waals surface area contributed by atoms with Crippen LogP contribution in [0, 0.1) is 0 Å². The number of anilines is 1. The molecule has 0 unspecified atom stereocenters. The van der Waals surface area contributed by atoms with Crippen LogP contribution in [0.5, 0.6) is 0 Å². The zero-order valence-electron chi connectivity index (χ0n) is 12.2. The first-order valence-electron chi connectivity index (χ1n) is 6.35. The highest BCUT2D eigenvalue weighted by Crippen LogP contribution is 2.23. The van der Waals surface area contributed by atoms with E-state index in [1.807, 2.05) is 26.8 Å². The number of carbonyl (C=O) groups is 1. The number of amides is 1. The fourth-order valence-corrected chi connectivity index (χ4v) is 2.02. The van der Waals surface area contributed by atoms with Crippen molar-refractivity contribution >= 4 is 27.8 Å². The predicted octanol–water partition coefficient (Wildman–Crippen LogP) is 4.17. The van der Waals surface area contributed by atoms with Gasteiger partial charge in [0.05, 0.1) is 0 Å². The van der Waals surface area contributed by atoms with Crippen molar-refractivity contribution < 1.29 is 9.53 Å². The molecule has 0 bridgehead atoms. The number of ether oxygens (including phenoxy) is 1. The van der Waals surface area contributed by atoms with Crippen molar-refractivity contribution in [2.75, 3.05) is 11.9 Å². The molecule has 1 aromatic rings. The molecule has 0 saturated carbocycles. The maximum atomic E-state index is 12.1. The van der Waals surface area contributed by atoms with Crippen LogP contribution in [0.15, 0.2) is 16.7 Å². The van der Waals surface area contributed by atoms with Gasteiger partial charge in [-0.1, -0.05) is 13.3 Å². The van der Waals surface area contributed by atoms with Crippen LogP contribution in [-0.4, -0.2) is 23.7 Å². The molecule has 0 fully saturated rings. The second-order valence-electron chi connectivity index (χ2n) is 5.43. The van der Waals surface area contributed by atoms with Crippen LogP contribution in [0.1, 0.15) is 39.7 Å². The molecule has 1 aromatic heterocycles. The summed E-state index contributed by atoms with van der Waals surface area (Å²) < 4.78 is 6.27. The molecule has 0 saturated heterocycles. The average Bonchev–Trinajstić information content (AvgIpc) is 2.26. The molecule has 4 nitrogen and oxygen atoms in total. The van der Waals surface area contributed by atoms with E-state index in [1.165, 1.54) is 4.90 Å². The topological polar surface area (TPSA) is 42.4 Å². The van der Waals surface area contributed by atoms with Gasteiger partial charge in [-0.25, -0.2) is 9.78 Å². The SMILES string of the molecule is CCCc1cc(Br)cnc1N(C)C(=O)OC(C)(C)C. The summed E-state index contributed by atoms with van der Waals surface area (Å²) in [5.41, 5.74) is 0.524. The lowest BCUT2D eigenvalue weighted by Gasteiger charge is -2.25. The molecule has 106 valence electrons. The molecular formula is C14H21BrN2O2. The summed E-state index contributed by atoms with van der Waals surface area (Å²) in [6.45, 7) is 7.64. The number of halogens is 1. The fraction of sp³-hybridized carbons (Fsp3) is 0.571. The van der Waals surface area contributed by atoms with Gasteiger partial charge in [-0.2, -0.15) is 0 Å². The van der Waals surface area contributed by atoms with Gasteiger partial charge in [-0.3, -0.25) is 4.90 Å². The van der Waals surface area contributed by atoms with E-state index in [0.717, 1.165) is 22.9 Å². The summed E-state index contributed by atoms with van der Waals surface area (Å²) >= 11 is 3.40. The number of pyridine rings is 1. The first kappa shape index (κ1) is 16.0. The second kappa shape index (κ2) is 6.37. The summed E-state index contributed by atoms with van der Waals surface area (Å²) in [5, 5.41) is 0. The minimum absolute atomic E-state index is 0.389. The van der Waals surface area contributed by atoms with Crippen LogP contribution in [-0.2, 0) is 11.2 Å². The monoisotopic (exact) mass is 328 g/mol. The average molecular weight is 329 g/mol. The quantitative estimate of drug-likeness (QED) is 0.836. The summed E-state index contributed by atoms with van der Waals surface area (Å²) in [6.07, 6.45) is 3.16. The van der Waals surface area contributed by atoms with Gasteiger partial charge in [0.25, 0.3) is 0 Å². The van der Waals surface area contributed by atoms with E-state index in [1.54, 1.807) is 13.2 Å². The molecule has 0 radical (unpaired) electrons. The second-order valence-corrected chi connectivity index (χ2v) is 6.34. The molecule has 1 rings (SSSR count). The van der Waals surface area contributed by atoms with Crippen LogP contribution < -0.4 is 4.90 Å². The minimum atomic E-state index is -0.508. The highest BCUT2D eigenvalue weighted by molar-refractivity contribution is 9.10. The lowest BCUT2D eigenvalue weighted by molar-refractivity contribution is 0.0588. The van der Waals surface area contributed by atoms with Crippen molar-refractivity contribution in [3.05, 3.63) is 22.3 Å². The number of aromatic nitrogens is 1. The zero-order chi connectivity index (χ0) is 14.6. The Morgan fingerprint density at radius 2 is 2.11 bits per heavy atom. The number of hydrogen-bond donors (Lipinski definition) is 0. The van der Waals surface area contributed by atoms with E-state index in [4.69, 9.17) is 4.74 Å². The van der Waals surface area contributed by atoms with Crippen molar-refractivity contribution in [3.8, 4) is 0 Å². The van der Waals surface area contributed by atoms with Gasteiger partial charge in [0.2, 0.25) is 0 Å². The largest absolute Gasteiger partial charge is 0.443 e. The lowest BCUT2D eigenvalue weighted by atomic mass is 10.1. The van der Waals surface area contributed by atoms with E-state index in [2.05, 4.69) is 27.8 Å². The van der Waals surface area contributed by atoms with Crippen LogP contribution in [0.2, 0.25) is 0 Å². The maximum Gasteiger partial charge on any atom is 0.415 e. The maximum absolute atomic E-state index is 12.1. The third-order valence-corrected chi connectivity index (χ3v) is 2.85. The smallest absolute Gasteiger partial charge is 0.415 e. The van der Waals surface area contributed by atoms with Gasteiger partial charge < -0.3 is 4.74 Å². The summed E-state index contributed by atoms with van der Waals surface area (Å²) in [5.74, 6) is 0.652. The molecule has 0 N–H and O–H groups in total. The Balaban J connectivity index is 2.98. The lowest BCUT2D eigenvalue weighted by Crippen LogP contribution is -2.35. The molecule has 1 heterocycles. The highest BCUT2D eigenvalue weighted by Gasteiger charge is 2.22. The number of rotatable bonds is 3. The van der Waals surface area contributed by atoms with Gasteiger partial charge in [-0.05, 0) is 54.8 Å². The molecule has 0 aliphatic rings. The first-order valence-corrected chi connectivity index (χ1v) is 7.15. The summed E-state index contributed by atoms with van der Waals surface area (Å²) in [4.78, 5) is 17.8. The normalized spacial score (nSPS) is 11.3. The van der Waals surface area contributed by atoms with E-state index in [0.29, 0.717) is 5.82 Å². The van der Waals surface area contributed by atoms with E-state index >= 15 is 0 Å². The van der Waals surface area contributed by atoms with Crippen LogP contribution in [0.3, 0.4) is 0 Å². The van der Waals surface area contributed by atoms with Gasteiger partial charge in [-0.15, -0.1) is 0 Å². The molecular weight excluding hydrogens is 308 g/mol. The number of nitrogens with zero attached hydrogens (tertiary/aromatic N) is 2. The third-order valence-electron chi connectivity index (χ3n) is 2.41. The Kier molecular flexibility index (Phi) is 5.35. The Labute approximate surface area is 123 Å².